The Labute approximate surface area is 128 Å². The third-order valence-corrected chi connectivity index (χ3v) is 3.79. The van der Waals surface area contributed by atoms with Gasteiger partial charge in [0, 0.05) is 37.1 Å². The zero-order valence-corrected chi connectivity index (χ0v) is 13.5. The largest absolute Gasteiger partial charge is 0.341 e. The minimum Gasteiger partial charge on any atom is -0.341 e. The van der Waals surface area contributed by atoms with Crippen LogP contribution in [0.2, 0.25) is 0 Å². The van der Waals surface area contributed by atoms with Gasteiger partial charge >= 0.3 is 0 Å². The van der Waals surface area contributed by atoms with Crippen LogP contribution in [0.5, 0.6) is 0 Å². The van der Waals surface area contributed by atoms with E-state index in [-0.39, 0.29) is 11.9 Å². The van der Waals surface area contributed by atoms with Gasteiger partial charge in [0.2, 0.25) is 5.91 Å². The Kier molecular flexibility index (Phi) is 7.27. The van der Waals surface area contributed by atoms with E-state index in [1.165, 1.54) is 0 Å². The second-order valence-corrected chi connectivity index (χ2v) is 5.66. The molecule has 1 amide bonds. The maximum atomic E-state index is 12.0. The molecule has 0 radical (unpaired) electrons. The van der Waals surface area contributed by atoms with Gasteiger partial charge in [-0.2, -0.15) is 5.26 Å². The molecule has 108 valence electrons. The molecular formula is C15H20BrN3O. The molecular weight excluding hydrogens is 318 g/mol. The second kappa shape index (κ2) is 8.72. The maximum Gasteiger partial charge on any atom is 0.223 e. The lowest BCUT2D eigenvalue weighted by molar-refractivity contribution is -0.130. The lowest BCUT2D eigenvalue weighted by Gasteiger charge is -2.19. The van der Waals surface area contributed by atoms with Crippen LogP contribution in [0.3, 0.4) is 0 Å². The molecule has 0 heterocycles. The molecule has 1 aromatic rings. The van der Waals surface area contributed by atoms with Crippen LogP contribution in [0.25, 0.3) is 0 Å². The fourth-order valence-corrected chi connectivity index (χ4v) is 2.21. The van der Waals surface area contributed by atoms with E-state index in [9.17, 15) is 4.79 Å². The van der Waals surface area contributed by atoms with E-state index in [0.29, 0.717) is 25.9 Å². The molecule has 0 saturated carbocycles. The van der Waals surface area contributed by atoms with Gasteiger partial charge in [-0.05, 0) is 18.6 Å². The van der Waals surface area contributed by atoms with Crippen LogP contribution in [-0.2, 0) is 11.3 Å². The molecule has 0 bridgehead atoms. The van der Waals surface area contributed by atoms with Crippen molar-refractivity contribution in [1.29, 1.82) is 5.26 Å². The van der Waals surface area contributed by atoms with Crippen molar-refractivity contribution in [3.05, 3.63) is 34.3 Å². The van der Waals surface area contributed by atoms with Crippen LogP contribution in [0, 0.1) is 11.3 Å². The molecule has 0 aliphatic heterocycles. The minimum atomic E-state index is 0.0948. The third kappa shape index (κ3) is 5.72. The highest BCUT2D eigenvalue weighted by Gasteiger charge is 2.11. The maximum absolute atomic E-state index is 12.0. The zero-order valence-electron chi connectivity index (χ0n) is 11.9. The van der Waals surface area contributed by atoms with Crippen LogP contribution in [0.1, 0.15) is 25.3 Å². The van der Waals surface area contributed by atoms with Gasteiger partial charge in [0.15, 0.2) is 0 Å². The summed E-state index contributed by atoms with van der Waals surface area (Å²) < 4.78 is 1.01. The molecule has 0 aliphatic carbocycles. The van der Waals surface area contributed by atoms with Gasteiger partial charge in [-0.15, -0.1) is 0 Å². The Hall–Kier alpha value is -1.38. The highest BCUT2D eigenvalue weighted by molar-refractivity contribution is 9.10. The molecule has 0 aromatic heterocycles. The molecule has 0 unspecified atom stereocenters. The summed E-state index contributed by atoms with van der Waals surface area (Å²) in [5.41, 5.74) is 1.09. The standard InChI is InChI=1S/C15H20BrN3O/c1-12(7-9-17)18-10-8-15(20)19(2)11-13-5-3-4-6-14(13)16/h3-6,12,18H,7-8,10-11H2,1-2H3/t12-/m1/s1. The fraction of sp³-hybridized carbons (Fsp3) is 0.467. The fourth-order valence-electron chi connectivity index (χ4n) is 1.80. The van der Waals surface area contributed by atoms with Crippen molar-refractivity contribution in [2.24, 2.45) is 0 Å². The number of hydrogen-bond donors (Lipinski definition) is 1. The van der Waals surface area contributed by atoms with Crippen LogP contribution >= 0.6 is 15.9 Å². The van der Waals surface area contributed by atoms with E-state index < -0.39 is 0 Å². The molecule has 0 saturated heterocycles. The van der Waals surface area contributed by atoms with E-state index in [1.807, 2.05) is 31.2 Å². The summed E-state index contributed by atoms with van der Waals surface area (Å²) in [5, 5.41) is 11.7. The molecule has 5 heteroatoms. The highest BCUT2D eigenvalue weighted by atomic mass is 79.9. The predicted octanol–water partition coefficient (Wildman–Crippen LogP) is 2.69. The number of hydrogen-bond acceptors (Lipinski definition) is 3. The number of carbonyl (C=O) groups is 1. The summed E-state index contributed by atoms with van der Waals surface area (Å²) in [6.07, 6.45) is 0.901. The lowest BCUT2D eigenvalue weighted by Crippen LogP contribution is -2.32. The lowest BCUT2D eigenvalue weighted by atomic mass is 10.2. The highest BCUT2D eigenvalue weighted by Crippen LogP contribution is 2.17. The molecule has 1 aromatic carbocycles. The molecule has 0 spiro atoms. The zero-order chi connectivity index (χ0) is 15.0. The Morgan fingerprint density at radius 2 is 2.20 bits per heavy atom. The molecule has 0 fully saturated rings. The van der Waals surface area contributed by atoms with E-state index in [4.69, 9.17) is 5.26 Å². The number of carbonyl (C=O) groups excluding carboxylic acids is 1. The Balaban J connectivity index is 2.37. The molecule has 0 aliphatic rings. The van der Waals surface area contributed by atoms with Crippen LogP contribution in [-0.4, -0.2) is 30.4 Å². The number of nitrogens with one attached hydrogen (secondary N) is 1. The molecule has 1 rings (SSSR count). The number of amides is 1. The first-order valence-electron chi connectivity index (χ1n) is 6.62. The number of rotatable bonds is 7. The topological polar surface area (TPSA) is 56.1 Å². The first-order valence-corrected chi connectivity index (χ1v) is 7.41. The summed E-state index contributed by atoms with van der Waals surface area (Å²) in [6, 6.07) is 10.1. The summed E-state index contributed by atoms with van der Waals surface area (Å²) in [6.45, 7) is 3.13. The quantitative estimate of drug-likeness (QED) is 0.832. The average Bonchev–Trinajstić information content (AvgIpc) is 2.41. The SMILES string of the molecule is C[C@H](CC#N)NCCC(=O)N(C)Cc1ccccc1Br. The van der Waals surface area contributed by atoms with Gasteiger partial charge in [-0.3, -0.25) is 4.79 Å². The molecule has 20 heavy (non-hydrogen) atoms. The number of benzene rings is 1. The van der Waals surface area contributed by atoms with Crippen LogP contribution in [0.15, 0.2) is 28.7 Å². The Morgan fingerprint density at radius 1 is 1.50 bits per heavy atom. The Morgan fingerprint density at radius 3 is 2.85 bits per heavy atom. The van der Waals surface area contributed by atoms with E-state index in [2.05, 4.69) is 27.3 Å². The third-order valence-electron chi connectivity index (χ3n) is 3.02. The van der Waals surface area contributed by atoms with Gasteiger partial charge in [0.05, 0.1) is 12.5 Å². The van der Waals surface area contributed by atoms with Crippen molar-refractivity contribution < 1.29 is 4.79 Å². The minimum absolute atomic E-state index is 0.0948. The number of nitrogens with zero attached hydrogens (tertiary/aromatic N) is 2. The first-order chi connectivity index (χ1) is 9.54. The van der Waals surface area contributed by atoms with Gasteiger partial charge in [-0.1, -0.05) is 34.1 Å². The van der Waals surface area contributed by atoms with Gasteiger partial charge in [0.1, 0.15) is 0 Å². The second-order valence-electron chi connectivity index (χ2n) is 4.81. The predicted molar refractivity (Wildman–Crippen MR) is 82.9 cm³/mol. The number of nitriles is 1. The Bertz CT molecular complexity index is 484. The van der Waals surface area contributed by atoms with Crippen molar-refractivity contribution in [2.75, 3.05) is 13.6 Å². The summed E-state index contributed by atoms with van der Waals surface area (Å²) in [7, 11) is 1.81. The van der Waals surface area contributed by atoms with E-state index in [0.717, 1.165) is 10.0 Å². The van der Waals surface area contributed by atoms with Crippen molar-refractivity contribution in [3.63, 3.8) is 0 Å². The average molecular weight is 338 g/mol. The summed E-state index contributed by atoms with van der Waals surface area (Å²) >= 11 is 3.48. The smallest absolute Gasteiger partial charge is 0.223 e. The van der Waals surface area contributed by atoms with Gasteiger partial charge in [0.25, 0.3) is 0 Å². The summed E-state index contributed by atoms with van der Waals surface area (Å²) in [5.74, 6) is 0.0948. The normalized spacial score (nSPS) is 11.7. The van der Waals surface area contributed by atoms with Crippen molar-refractivity contribution in [3.8, 4) is 6.07 Å². The van der Waals surface area contributed by atoms with Crippen molar-refractivity contribution in [2.45, 2.75) is 32.4 Å². The number of halogens is 1. The molecule has 1 atom stereocenters. The molecule has 4 nitrogen and oxygen atoms in total. The monoisotopic (exact) mass is 337 g/mol. The van der Waals surface area contributed by atoms with Crippen LogP contribution < -0.4 is 5.32 Å². The van der Waals surface area contributed by atoms with Crippen molar-refractivity contribution >= 4 is 21.8 Å². The summed E-state index contributed by atoms with van der Waals surface area (Å²) in [4.78, 5) is 13.7. The van der Waals surface area contributed by atoms with E-state index in [1.54, 1.807) is 11.9 Å². The first kappa shape index (κ1) is 16.7. The van der Waals surface area contributed by atoms with Gasteiger partial charge in [-0.25, -0.2) is 0 Å². The van der Waals surface area contributed by atoms with Crippen LogP contribution in [0.4, 0.5) is 0 Å². The van der Waals surface area contributed by atoms with Crippen molar-refractivity contribution in [1.82, 2.24) is 10.2 Å². The van der Waals surface area contributed by atoms with Gasteiger partial charge < -0.3 is 10.2 Å². The molecule has 1 N–H and O–H groups in total. The van der Waals surface area contributed by atoms with E-state index >= 15 is 0 Å².